The highest BCUT2D eigenvalue weighted by molar-refractivity contribution is 8.00. The summed E-state index contributed by atoms with van der Waals surface area (Å²) in [6.45, 7) is 4.09. The van der Waals surface area contributed by atoms with Gasteiger partial charge in [-0.25, -0.2) is 0 Å². The summed E-state index contributed by atoms with van der Waals surface area (Å²) in [6, 6.07) is 13.6. The second-order valence-corrected chi connectivity index (χ2v) is 6.86. The van der Waals surface area contributed by atoms with Crippen molar-refractivity contribution in [1.29, 1.82) is 0 Å². The Kier molecular flexibility index (Phi) is 4.90. The van der Waals surface area contributed by atoms with Crippen LogP contribution in [0.1, 0.15) is 41.4 Å². The molecule has 0 radical (unpaired) electrons. The number of anilines is 1. The summed E-state index contributed by atoms with van der Waals surface area (Å²) in [5.41, 5.74) is 3.61. The Morgan fingerprint density at radius 2 is 2.00 bits per heavy atom. The van der Waals surface area contributed by atoms with Crippen LogP contribution in [0.25, 0.3) is 0 Å². The van der Waals surface area contributed by atoms with E-state index in [4.69, 9.17) is 0 Å². The van der Waals surface area contributed by atoms with Crippen LogP contribution in [0.5, 0.6) is 0 Å². The lowest BCUT2D eigenvalue weighted by Crippen LogP contribution is -2.27. The lowest BCUT2D eigenvalue weighted by molar-refractivity contribution is -0.113. The standard InChI is InChI=1S/C19H20N2O2S/c1-3-13-4-6-14(7-5-13)12(2)20-19(23)15-8-9-17-16(10-15)21-18(22)11-24-17/h4-10,12H,3,11H2,1-2H3,(H,20,23)(H,21,22). The van der Waals surface area contributed by atoms with Crippen molar-refractivity contribution >= 4 is 29.3 Å². The number of amides is 2. The minimum atomic E-state index is -0.144. The van der Waals surface area contributed by atoms with Gasteiger partial charge in [0.25, 0.3) is 5.91 Å². The molecule has 0 saturated carbocycles. The van der Waals surface area contributed by atoms with Gasteiger partial charge < -0.3 is 10.6 Å². The molecule has 0 aliphatic carbocycles. The van der Waals surface area contributed by atoms with E-state index in [-0.39, 0.29) is 17.9 Å². The fraction of sp³-hybridized carbons (Fsp3) is 0.263. The number of hydrogen-bond acceptors (Lipinski definition) is 3. The van der Waals surface area contributed by atoms with E-state index in [9.17, 15) is 9.59 Å². The SMILES string of the molecule is CCc1ccc(C(C)NC(=O)c2ccc3c(c2)NC(=O)CS3)cc1. The largest absolute Gasteiger partial charge is 0.346 e. The average Bonchev–Trinajstić information content (AvgIpc) is 2.61. The first-order valence-corrected chi connectivity index (χ1v) is 9.01. The third kappa shape index (κ3) is 3.62. The van der Waals surface area contributed by atoms with E-state index in [0.29, 0.717) is 17.0 Å². The Morgan fingerprint density at radius 3 is 2.71 bits per heavy atom. The molecule has 1 aliphatic rings. The molecule has 24 heavy (non-hydrogen) atoms. The highest BCUT2D eigenvalue weighted by Crippen LogP contribution is 2.32. The summed E-state index contributed by atoms with van der Waals surface area (Å²) in [4.78, 5) is 25.0. The van der Waals surface area contributed by atoms with Gasteiger partial charge >= 0.3 is 0 Å². The van der Waals surface area contributed by atoms with Crippen LogP contribution in [0.4, 0.5) is 5.69 Å². The van der Waals surface area contributed by atoms with Crippen molar-refractivity contribution in [1.82, 2.24) is 5.32 Å². The molecule has 2 aromatic rings. The second kappa shape index (κ2) is 7.09. The van der Waals surface area contributed by atoms with E-state index < -0.39 is 0 Å². The van der Waals surface area contributed by atoms with Gasteiger partial charge in [-0.2, -0.15) is 0 Å². The molecule has 3 rings (SSSR count). The fourth-order valence-corrected chi connectivity index (χ4v) is 3.42. The Bertz CT molecular complexity index is 771. The van der Waals surface area contributed by atoms with Crippen molar-refractivity contribution in [2.45, 2.75) is 31.2 Å². The number of aryl methyl sites for hydroxylation is 1. The number of rotatable bonds is 4. The molecule has 1 unspecified atom stereocenters. The van der Waals surface area contributed by atoms with Gasteiger partial charge in [-0.3, -0.25) is 9.59 Å². The van der Waals surface area contributed by atoms with E-state index in [1.54, 1.807) is 12.1 Å². The third-order valence-electron chi connectivity index (χ3n) is 4.11. The molecule has 0 bridgehead atoms. The molecule has 124 valence electrons. The molecule has 4 nitrogen and oxygen atoms in total. The number of benzene rings is 2. The summed E-state index contributed by atoms with van der Waals surface area (Å²) in [7, 11) is 0. The van der Waals surface area contributed by atoms with Gasteiger partial charge in [-0.05, 0) is 42.7 Å². The van der Waals surface area contributed by atoms with Crippen LogP contribution in [-0.4, -0.2) is 17.6 Å². The first-order chi connectivity index (χ1) is 11.6. The normalized spacial score (nSPS) is 14.5. The zero-order chi connectivity index (χ0) is 17.1. The Labute approximate surface area is 146 Å². The first kappa shape index (κ1) is 16.6. The monoisotopic (exact) mass is 340 g/mol. The maximum atomic E-state index is 12.5. The van der Waals surface area contributed by atoms with E-state index in [1.165, 1.54) is 17.3 Å². The molecule has 5 heteroatoms. The summed E-state index contributed by atoms with van der Waals surface area (Å²) >= 11 is 1.49. The van der Waals surface area contributed by atoms with Crippen LogP contribution in [0.3, 0.4) is 0 Å². The summed E-state index contributed by atoms with van der Waals surface area (Å²) in [5, 5.41) is 5.82. The number of thioether (sulfide) groups is 1. The van der Waals surface area contributed by atoms with Crippen LogP contribution in [0.15, 0.2) is 47.4 Å². The minimum absolute atomic E-state index is 0.0329. The second-order valence-electron chi connectivity index (χ2n) is 5.84. The fourth-order valence-electron chi connectivity index (χ4n) is 2.63. The maximum Gasteiger partial charge on any atom is 0.251 e. The quantitative estimate of drug-likeness (QED) is 0.890. The molecule has 0 saturated heterocycles. The maximum absolute atomic E-state index is 12.5. The van der Waals surface area contributed by atoms with Gasteiger partial charge in [0.2, 0.25) is 5.91 Å². The Morgan fingerprint density at radius 1 is 1.25 bits per heavy atom. The topological polar surface area (TPSA) is 58.2 Å². The number of carbonyl (C=O) groups excluding carboxylic acids is 2. The lowest BCUT2D eigenvalue weighted by atomic mass is 10.0. The van der Waals surface area contributed by atoms with Gasteiger partial charge in [-0.1, -0.05) is 31.2 Å². The molecule has 1 aliphatic heterocycles. The number of hydrogen-bond donors (Lipinski definition) is 2. The van der Waals surface area contributed by atoms with E-state index in [2.05, 4.69) is 29.7 Å². The van der Waals surface area contributed by atoms with Crippen LogP contribution in [0, 0.1) is 0 Å². The Hall–Kier alpha value is -2.27. The summed E-state index contributed by atoms with van der Waals surface area (Å²) in [6.07, 6.45) is 1.000. The van der Waals surface area contributed by atoms with Crippen molar-refractivity contribution in [3.8, 4) is 0 Å². The molecule has 2 N–H and O–H groups in total. The van der Waals surface area contributed by atoms with Crippen molar-refractivity contribution in [3.63, 3.8) is 0 Å². The summed E-state index contributed by atoms with van der Waals surface area (Å²) in [5.74, 6) is 0.243. The van der Waals surface area contributed by atoms with Gasteiger partial charge in [0.15, 0.2) is 0 Å². The number of fused-ring (bicyclic) bond motifs is 1. The van der Waals surface area contributed by atoms with Crippen molar-refractivity contribution in [2.24, 2.45) is 0 Å². The van der Waals surface area contributed by atoms with E-state index in [0.717, 1.165) is 16.9 Å². The van der Waals surface area contributed by atoms with Gasteiger partial charge in [0.05, 0.1) is 17.5 Å². The third-order valence-corrected chi connectivity index (χ3v) is 5.18. The lowest BCUT2D eigenvalue weighted by Gasteiger charge is -2.18. The van der Waals surface area contributed by atoms with E-state index >= 15 is 0 Å². The molecule has 1 atom stereocenters. The molecule has 0 spiro atoms. The van der Waals surface area contributed by atoms with Gasteiger partial charge in [-0.15, -0.1) is 11.8 Å². The highest BCUT2D eigenvalue weighted by atomic mass is 32.2. The molecule has 0 fully saturated rings. The van der Waals surface area contributed by atoms with E-state index in [1.807, 2.05) is 25.1 Å². The first-order valence-electron chi connectivity index (χ1n) is 8.03. The minimum Gasteiger partial charge on any atom is -0.346 e. The molecule has 2 aromatic carbocycles. The average molecular weight is 340 g/mol. The zero-order valence-electron chi connectivity index (χ0n) is 13.8. The van der Waals surface area contributed by atoms with Crippen molar-refractivity contribution < 1.29 is 9.59 Å². The zero-order valence-corrected chi connectivity index (χ0v) is 14.6. The number of carbonyl (C=O) groups is 2. The van der Waals surface area contributed by atoms with Crippen LogP contribution >= 0.6 is 11.8 Å². The van der Waals surface area contributed by atoms with Crippen molar-refractivity contribution in [3.05, 3.63) is 59.2 Å². The molecule has 1 heterocycles. The molecule has 2 amide bonds. The smallest absolute Gasteiger partial charge is 0.251 e. The molecular weight excluding hydrogens is 320 g/mol. The van der Waals surface area contributed by atoms with Crippen LogP contribution in [0.2, 0.25) is 0 Å². The summed E-state index contributed by atoms with van der Waals surface area (Å²) < 4.78 is 0. The Balaban J connectivity index is 1.72. The van der Waals surface area contributed by atoms with Crippen LogP contribution in [-0.2, 0) is 11.2 Å². The van der Waals surface area contributed by atoms with Gasteiger partial charge in [0, 0.05) is 10.5 Å². The highest BCUT2D eigenvalue weighted by Gasteiger charge is 2.18. The van der Waals surface area contributed by atoms with Gasteiger partial charge in [0.1, 0.15) is 0 Å². The van der Waals surface area contributed by atoms with Crippen LogP contribution < -0.4 is 10.6 Å². The predicted molar refractivity (Wildman–Crippen MR) is 97.5 cm³/mol. The molecule has 0 aromatic heterocycles. The van der Waals surface area contributed by atoms with Crippen molar-refractivity contribution in [2.75, 3.05) is 11.1 Å². The predicted octanol–water partition coefficient (Wildman–Crippen LogP) is 3.78. The molecular formula is C19H20N2O2S. The number of nitrogens with one attached hydrogen (secondary N) is 2.